The minimum Gasteiger partial charge on any atom is -0.365 e. The van der Waals surface area contributed by atoms with E-state index in [0.717, 1.165) is 18.7 Å². The van der Waals surface area contributed by atoms with Crippen LogP contribution in [0.4, 0.5) is 16.2 Å². The third-order valence-corrected chi connectivity index (χ3v) is 7.85. The van der Waals surface area contributed by atoms with Gasteiger partial charge in [-0.3, -0.25) is 9.32 Å². The lowest BCUT2D eigenvalue weighted by molar-refractivity contribution is 0.0820. The SMILES string of the molecule is Cc1ccc(CNc2nc(N3CC4CC4C3)ncc2C(=O)NC2CCC(OP(=O)(O)O)CC2)cc1F. The number of fused-ring (bicyclic) bond motifs is 1. The van der Waals surface area contributed by atoms with E-state index in [1.54, 1.807) is 13.0 Å². The standard InChI is InChI=1S/C24H31FN5O5P/c1-14-2-3-15(8-21(14)25)10-26-22-20(11-27-24(29-22)30-12-16-9-17(16)13-30)23(31)28-18-4-6-19(7-5-18)35-36(32,33)34/h2-3,8,11,16-19H,4-7,9-10,12-13H2,1H3,(H,28,31)(H,26,27,29)(H2,32,33,34). The number of anilines is 2. The molecule has 2 aromatic rings. The van der Waals surface area contributed by atoms with E-state index in [1.807, 2.05) is 6.07 Å². The lowest BCUT2D eigenvalue weighted by Crippen LogP contribution is -2.39. The van der Waals surface area contributed by atoms with Crippen molar-refractivity contribution in [2.45, 2.75) is 57.7 Å². The Labute approximate surface area is 208 Å². The smallest absolute Gasteiger partial charge is 0.365 e. The molecule has 1 aromatic heterocycles. The van der Waals surface area contributed by atoms with Crippen molar-refractivity contribution in [3.63, 3.8) is 0 Å². The van der Waals surface area contributed by atoms with Gasteiger partial charge in [0.2, 0.25) is 5.95 Å². The molecule has 194 valence electrons. The molecule has 5 rings (SSSR count). The predicted molar refractivity (Wildman–Crippen MR) is 131 cm³/mol. The Morgan fingerprint density at radius 1 is 1.22 bits per heavy atom. The normalized spacial score (nSPS) is 25.4. The first-order valence-corrected chi connectivity index (χ1v) is 13.8. The van der Waals surface area contributed by atoms with Crippen molar-refractivity contribution in [2.75, 3.05) is 23.3 Å². The summed E-state index contributed by atoms with van der Waals surface area (Å²) in [6.45, 7) is 3.83. The van der Waals surface area contributed by atoms with Crippen LogP contribution in [-0.2, 0) is 15.6 Å². The van der Waals surface area contributed by atoms with Crippen LogP contribution in [0.1, 0.15) is 53.6 Å². The lowest BCUT2D eigenvalue weighted by atomic mass is 9.93. The highest BCUT2D eigenvalue weighted by Gasteiger charge is 2.46. The summed E-state index contributed by atoms with van der Waals surface area (Å²) in [6.07, 6.45) is 4.21. The van der Waals surface area contributed by atoms with Crippen LogP contribution in [0.2, 0.25) is 0 Å². The molecule has 1 aromatic carbocycles. The van der Waals surface area contributed by atoms with Crippen LogP contribution in [0.3, 0.4) is 0 Å². The topological polar surface area (TPSA) is 137 Å². The molecule has 1 saturated heterocycles. The number of phosphoric ester groups is 1. The molecule has 2 unspecified atom stereocenters. The van der Waals surface area contributed by atoms with Crippen molar-refractivity contribution in [2.24, 2.45) is 11.8 Å². The largest absolute Gasteiger partial charge is 0.469 e. The number of phosphoric acid groups is 1. The fourth-order valence-electron chi connectivity index (χ4n) is 5.09. The third-order valence-electron chi connectivity index (χ3n) is 7.27. The van der Waals surface area contributed by atoms with Crippen molar-refractivity contribution >= 4 is 25.5 Å². The summed E-state index contributed by atoms with van der Waals surface area (Å²) in [4.78, 5) is 42.5. The van der Waals surface area contributed by atoms with Gasteiger partial charge in [0, 0.05) is 31.9 Å². The van der Waals surface area contributed by atoms with Gasteiger partial charge in [0.05, 0.1) is 6.10 Å². The van der Waals surface area contributed by atoms with Crippen molar-refractivity contribution in [3.05, 3.63) is 46.9 Å². The lowest BCUT2D eigenvalue weighted by Gasteiger charge is -2.29. The number of piperidine rings is 1. The molecule has 0 spiro atoms. The summed E-state index contributed by atoms with van der Waals surface area (Å²) in [5.74, 6) is 1.75. The molecule has 3 fully saturated rings. The first-order chi connectivity index (χ1) is 17.1. The van der Waals surface area contributed by atoms with E-state index in [1.165, 1.54) is 18.7 Å². The molecule has 2 heterocycles. The number of nitrogens with zero attached hydrogens (tertiary/aromatic N) is 3. The number of halogens is 1. The van der Waals surface area contributed by atoms with Crippen LogP contribution in [0, 0.1) is 24.6 Å². The molecule has 36 heavy (non-hydrogen) atoms. The second-order valence-electron chi connectivity index (χ2n) is 10.1. The van der Waals surface area contributed by atoms with Crippen LogP contribution in [0.25, 0.3) is 0 Å². The first kappa shape index (κ1) is 25.1. The molecule has 3 aliphatic rings. The highest BCUT2D eigenvalue weighted by atomic mass is 31.2. The third kappa shape index (κ3) is 6.03. The van der Waals surface area contributed by atoms with E-state index in [2.05, 4.69) is 25.5 Å². The highest BCUT2D eigenvalue weighted by molar-refractivity contribution is 7.46. The van der Waals surface area contributed by atoms with Gasteiger partial charge in [0.15, 0.2) is 0 Å². The summed E-state index contributed by atoms with van der Waals surface area (Å²) in [5.41, 5.74) is 1.59. The molecule has 2 atom stereocenters. The van der Waals surface area contributed by atoms with E-state index in [9.17, 15) is 13.8 Å². The number of hydrogen-bond acceptors (Lipinski definition) is 7. The van der Waals surface area contributed by atoms with E-state index in [4.69, 9.17) is 14.3 Å². The molecule has 4 N–H and O–H groups in total. The Bertz CT molecular complexity index is 1180. The molecule has 2 saturated carbocycles. The molecule has 1 amide bonds. The number of hydrogen-bond donors (Lipinski definition) is 4. The summed E-state index contributed by atoms with van der Waals surface area (Å²) in [7, 11) is -4.53. The molecular formula is C24H31FN5O5P. The number of rotatable bonds is 8. The number of benzene rings is 1. The van der Waals surface area contributed by atoms with Crippen molar-refractivity contribution in [1.82, 2.24) is 15.3 Å². The van der Waals surface area contributed by atoms with Gasteiger partial charge in [-0.2, -0.15) is 4.98 Å². The number of carbonyl (C=O) groups excluding carboxylic acids is 1. The number of carbonyl (C=O) groups is 1. The average molecular weight is 520 g/mol. The molecular weight excluding hydrogens is 488 g/mol. The highest BCUT2D eigenvalue weighted by Crippen LogP contribution is 2.45. The zero-order valence-corrected chi connectivity index (χ0v) is 21.0. The molecule has 2 aliphatic carbocycles. The fraction of sp³-hybridized carbons (Fsp3) is 0.542. The van der Waals surface area contributed by atoms with Gasteiger partial charge in [-0.05, 0) is 68.1 Å². The maximum absolute atomic E-state index is 14.0. The first-order valence-electron chi connectivity index (χ1n) is 12.3. The molecule has 10 nitrogen and oxygen atoms in total. The van der Waals surface area contributed by atoms with Gasteiger partial charge < -0.3 is 25.3 Å². The summed E-state index contributed by atoms with van der Waals surface area (Å²) >= 11 is 0. The van der Waals surface area contributed by atoms with Gasteiger partial charge in [-0.15, -0.1) is 0 Å². The van der Waals surface area contributed by atoms with Crippen molar-refractivity contribution < 1.29 is 28.1 Å². The van der Waals surface area contributed by atoms with E-state index < -0.39 is 13.9 Å². The minimum atomic E-state index is -4.53. The maximum atomic E-state index is 14.0. The molecule has 0 bridgehead atoms. The van der Waals surface area contributed by atoms with Crippen LogP contribution in [0.15, 0.2) is 24.4 Å². The van der Waals surface area contributed by atoms with E-state index >= 15 is 0 Å². The van der Waals surface area contributed by atoms with Gasteiger partial charge in [0.25, 0.3) is 5.91 Å². The van der Waals surface area contributed by atoms with Gasteiger partial charge in [0.1, 0.15) is 17.2 Å². The Balaban J connectivity index is 1.28. The molecule has 0 radical (unpaired) electrons. The van der Waals surface area contributed by atoms with Crippen LogP contribution in [0.5, 0.6) is 0 Å². The summed E-state index contributed by atoms with van der Waals surface area (Å²) in [6, 6.07) is 4.86. The minimum absolute atomic E-state index is 0.154. The Kier molecular flexibility index (Phi) is 7.00. The number of amides is 1. The second kappa shape index (κ2) is 10.0. The van der Waals surface area contributed by atoms with E-state index in [0.29, 0.717) is 67.0 Å². The maximum Gasteiger partial charge on any atom is 0.469 e. The van der Waals surface area contributed by atoms with Crippen molar-refractivity contribution in [3.8, 4) is 0 Å². The van der Waals surface area contributed by atoms with Crippen LogP contribution >= 0.6 is 7.82 Å². The van der Waals surface area contributed by atoms with Gasteiger partial charge >= 0.3 is 7.82 Å². The Morgan fingerprint density at radius 2 is 1.94 bits per heavy atom. The number of nitrogens with one attached hydrogen (secondary N) is 2. The number of aromatic nitrogens is 2. The number of aryl methyl sites for hydroxylation is 1. The second-order valence-corrected chi connectivity index (χ2v) is 11.3. The zero-order chi connectivity index (χ0) is 25.4. The summed E-state index contributed by atoms with van der Waals surface area (Å²) < 4.78 is 29.9. The Hall–Kier alpha value is -2.59. The molecule has 1 aliphatic heterocycles. The van der Waals surface area contributed by atoms with Gasteiger partial charge in [-0.25, -0.2) is 13.9 Å². The van der Waals surface area contributed by atoms with Gasteiger partial charge in [-0.1, -0.05) is 12.1 Å². The molecule has 12 heteroatoms. The van der Waals surface area contributed by atoms with E-state index in [-0.39, 0.29) is 17.8 Å². The average Bonchev–Trinajstić information content (AvgIpc) is 3.44. The van der Waals surface area contributed by atoms with Crippen molar-refractivity contribution in [1.29, 1.82) is 0 Å². The summed E-state index contributed by atoms with van der Waals surface area (Å²) in [5, 5.41) is 6.20. The quantitative estimate of drug-likeness (QED) is 0.388. The van der Waals surface area contributed by atoms with Crippen LogP contribution < -0.4 is 15.5 Å². The predicted octanol–water partition coefficient (Wildman–Crippen LogP) is 3.14. The zero-order valence-electron chi connectivity index (χ0n) is 20.1. The monoisotopic (exact) mass is 519 g/mol. The fourth-order valence-corrected chi connectivity index (χ4v) is 5.69. The van der Waals surface area contributed by atoms with Crippen LogP contribution in [-0.4, -0.2) is 50.9 Å². The Morgan fingerprint density at radius 3 is 2.61 bits per heavy atom.